The van der Waals surface area contributed by atoms with Gasteiger partial charge >= 0.3 is 0 Å². The van der Waals surface area contributed by atoms with Gasteiger partial charge in [0.05, 0.1) is 0 Å². The van der Waals surface area contributed by atoms with E-state index in [0.29, 0.717) is 18.4 Å². The molecule has 0 saturated heterocycles. The van der Waals surface area contributed by atoms with Crippen LogP contribution in [0.25, 0.3) is 0 Å². The van der Waals surface area contributed by atoms with Gasteiger partial charge in [-0.25, -0.2) is 0 Å². The van der Waals surface area contributed by atoms with Crippen molar-refractivity contribution in [1.82, 2.24) is 5.32 Å². The number of anilines is 1. The van der Waals surface area contributed by atoms with Crippen LogP contribution in [0.4, 0.5) is 5.69 Å². The first-order valence-corrected chi connectivity index (χ1v) is 7.41. The molecule has 4 nitrogen and oxygen atoms in total. The molecule has 0 fully saturated rings. The lowest BCUT2D eigenvalue weighted by Gasteiger charge is -2.17. The van der Waals surface area contributed by atoms with Crippen LogP contribution in [0.2, 0.25) is 0 Å². The Kier molecular flexibility index (Phi) is 5.16. The zero-order chi connectivity index (χ0) is 14.4. The lowest BCUT2D eigenvalue weighted by Crippen LogP contribution is -2.25. The molecule has 0 spiro atoms. The van der Waals surface area contributed by atoms with Crippen LogP contribution in [0.1, 0.15) is 54.9 Å². The SMILES string of the molecule is CCCCCCNC(=O)c1ccc2c(c1)CCC(=O)N2. The van der Waals surface area contributed by atoms with Gasteiger partial charge in [0.1, 0.15) is 0 Å². The Labute approximate surface area is 119 Å². The number of unbranched alkanes of at least 4 members (excludes halogenated alkanes) is 3. The number of hydrogen-bond acceptors (Lipinski definition) is 2. The van der Waals surface area contributed by atoms with Crippen molar-refractivity contribution in [1.29, 1.82) is 0 Å². The van der Waals surface area contributed by atoms with E-state index in [1.807, 2.05) is 12.1 Å². The molecule has 2 rings (SSSR count). The predicted octanol–water partition coefficient (Wildman–Crippen LogP) is 2.88. The van der Waals surface area contributed by atoms with Crippen LogP contribution >= 0.6 is 0 Å². The number of nitrogens with one attached hydrogen (secondary N) is 2. The molecule has 0 radical (unpaired) electrons. The Balaban J connectivity index is 1.89. The van der Waals surface area contributed by atoms with Crippen LogP contribution in [-0.4, -0.2) is 18.4 Å². The molecule has 1 aliphatic heterocycles. The highest BCUT2D eigenvalue weighted by molar-refractivity contribution is 5.97. The molecule has 2 amide bonds. The van der Waals surface area contributed by atoms with Crippen molar-refractivity contribution in [2.24, 2.45) is 0 Å². The van der Waals surface area contributed by atoms with Crippen LogP contribution in [0.15, 0.2) is 18.2 Å². The number of fused-ring (bicyclic) bond motifs is 1. The Morgan fingerprint density at radius 3 is 2.90 bits per heavy atom. The fourth-order valence-electron chi connectivity index (χ4n) is 2.38. The van der Waals surface area contributed by atoms with Gasteiger partial charge in [0.2, 0.25) is 5.91 Å². The molecule has 4 heteroatoms. The third-order valence-corrected chi connectivity index (χ3v) is 3.58. The van der Waals surface area contributed by atoms with Crippen molar-refractivity contribution in [3.05, 3.63) is 29.3 Å². The second kappa shape index (κ2) is 7.08. The van der Waals surface area contributed by atoms with Gasteiger partial charge in [-0.05, 0) is 36.6 Å². The number of carbonyl (C=O) groups is 2. The maximum absolute atomic E-state index is 12.0. The first-order valence-electron chi connectivity index (χ1n) is 7.41. The Bertz CT molecular complexity index is 497. The van der Waals surface area contributed by atoms with Crippen LogP contribution in [0.5, 0.6) is 0 Å². The number of benzene rings is 1. The molecule has 2 N–H and O–H groups in total. The normalized spacial score (nSPS) is 13.6. The van der Waals surface area contributed by atoms with Gasteiger partial charge < -0.3 is 10.6 Å². The molecule has 108 valence electrons. The molecule has 0 atom stereocenters. The molecular weight excluding hydrogens is 252 g/mol. The van der Waals surface area contributed by atoms with Gasteiger partial charge in [-0.15, -0.1) is 0 Å². The van der Waals surface area contributed by atoms with Gasteiger partial charge in [0, 0.05) is 24.2 Å². The smallest absolute Gasteiger partial charge is 0.251 e. The maximum atomic E-state index is 12.0. The fraction of sp³-hybridized carbons (Fsp3) is 0.500. The summed E-state index contributed by atoms with van der Waals surface area (Å²) in [6.07, 6.45) is 5.81. The molecular formula is C16H22N2O2. The predicted molar refractivity (Wildman–Crippen MR) is 79.9 cm³/mol. The van der Waals surface area contributed by atoms with E-state index in [2.05, 4.69) is 17.6 Å². The van der Waals surface area contributed by atoms with Crippen molar-refractivity contribution in [3.8, 4) is 0 Å². The van der Waals surface area contributed by atoms with Crippen LogP contribution < -0.4 is 10.6 Å². The van der Waals surface area contributed by atoms with E-state index in [1.54, 1.807) is 6.07 Å². The molecule has 0 unspecified atom stereocenters. The van der Waals surface area contributed by atoms with Gasteiger partial charge in [-0.2, -0.15) is 0 Å². The Hall–Kier alpha value is -1.84. The van der Waals surface area contributed by atoms with E-state index >= 15 is 0 Å². The number of aryl methyl sites for hydroxylation is 1. The number of rotatable bonds is 6. The van der Waals surface area contributed by atoms with Crippen molar-refractivity contribution in [2.45, 2.75) is 45.4 Å². The van der Waals surface area contributed by atoms with E-state index in [0.717, 1.165) is 30.6 Å². The van der Waals surface area contributed by atoms with E-state index < -0.39 is 0 Å². The summed E-state index contributed by atoms with van der Waals surface area (Å²) in [5.41, 5.74) is 2.55. The summed E-state index contributed by atoms with van der Waals surface area (Å²) >= 11 is 0. The minimum absolute atomic E-state index is 0.0267. The molecule has 1 aliphatic rings. The molecule has 0 bridgehead atoms. The topological polar surface area (TPSA) is 58.2 Å². The number of carbonyl (C=O) groups excluding carboxylic acids is 2. The van der Waals surface area contributed by atoms with Gasteiger partial charge in [0.25, 0.3) is 5.91 Å². The zero-order valence-corrected chi connectivity index (χ0v) is 12.0. The number of amides is 2. The minimum Gasteiger partial charge on any atom is -0.352 e. The molecule has 1 aromatic carbocycles. The number of hydrogen-bond donors (Lipinski definition) is 2. The van der Waals surface area contributed by atoms with Gasteiger partial charge in [-0.3, -0.25) is 9.59 Å². The first-order chi connectivity index (χ1) is 9.70. The first kappa shape index (κ1) is 14.6. The van der Waals surface area contributed by atoms with Gasteiger partial charge in [0.15, 0.2) is 0 Å². The van der Waals surface area contributed by atoms with E-state index in [1.165, 1.54) is 12.8 Å². The van der Waals surface area contributed by atoms with Crippen LogP contribution in [0.3, 0.4) is 0 Å². The largest absolute Gasteiger partial charge is 0.352 e. The fourth-order valence-corrected chi connectivity index (χ4v) is 2.38. The van der Waals surface area contributed by atoms with E-state index in [4.69, 9.17) is 0 Å². The third-order valence-electron chi connectivity index (χ3n) is 3.58. The molecule has 0 aliphatic carbocycles. The highest BCUT2D eigenvalue weighted by Gasteiger charge is 2.16. The molecule has 0 aromatic heterocycles. The second-order valence-electron chi connectivity index (χ2n) is 5.24. The van der Waals surface area contributed by atoms with Gasteiger partial charge in [-0.1, -0.05) is 26.2 Å². The van der Waals surface area contributed by atoms with E-state index in [9.17, 15) is 9.59 Å². The summed E-state index contributed by atoms with van der Waals surface area (Å²) < 4.78 is 0. The standard InChI is InChI=1S/C16H22N2O2/c1-2-3-4-5-10-17-16(20)13-6-8-14-12(11-13)7-9-15(19)18-14/h6,8,11H,2-5,7,9-10H2,1H3,(H,17,20)(H,18,19). The minimum atomic E-state index is -0.0267. The Morgan fingerprint density at radius 1 is 1.25 bits per heavy atom. The summed E-state index contributed by atoms with van der Waals surface area (Å²) in [6, 6.07) is 5.47. The average Bonchev–Trinajstić information content (AvgIpc) is 2.46. The zero-order valence-electron chi connectivity index (χ0n) is 12.0. The summed E-state index contributed by atoms with van der Waals surface area (Å²) in [7, 11) is 0. The van der Waals surface area contributed by atoms with Crippen molar-refractivity contribution in [2.75, 3.05) is 11.9 Å². The average molecular weight is 274 g/mol. The summed E-state index contributed by atoms with van der Waals surface area (Å²) in [4.78, 5) is 23.3. The highest BCUT2D eigenvalue weighted by Crippen LogP contribution is 2.23. The van der Waals surface area contributed by atoms with Crippen molar-refractivity contribution in [3.63, 3.8) is 0 Å². The lowest BCUT2D eigenvalue weighted by molar-refractivity contribution is -0.116. The summed E-state index contributed by atoms with van der Waals surface area (Å²) in [5, 5.41) is 5.77. The highest BCUT2D eigenvalue weighted by atomic mass is 16.2. The third kappa shape index (κ3) is 3.83. The molecule has 1 aromatic rings. The molecule has 0 saturated carbocycles. The molecule has 20 heavy (non-hydrogen) atoms. The summed E-state index contributed by atoms with van der Waals surface area (Å²) in [5.74, 6) is 0.0202. The quantitative estimate of drug-likeness (QED) is 0.784. The maximum Gasteiger partial charge on any atom is 0.251 e. The van der Waals surface area contributed by atoms with Crippen molar-refractivity contribution >= 4 is 17.5 Å². The van der Waals surface area contributed by atoms with Crippen LogP contribution in [-0.2, 0) is 11.2 Å². The van der Waals surface area contributed by atoms with Crippen LogP contribution in [0, 0.1) is 0 Å². The van der Waals surface area contributed by atoms with Crippen molar-refractivity contribution < 1.29 is 9.59 Å². The molecule has 1 heterocycles. The lowest BCUT2D eigenvalue weighted by atomic mass is 10.00. The van der Waals surface area contributed by atoms with E-state index in [-0.39, 0.29) is 11.8 Å². The second-order valence-corrected chi connectivity index (χ2v) is 5.24. The Morgan fingerprint density at radius 2 is 2.10 bits per heavy atom. The summed E-state index contributed by atoms with van der Waals surface area (Å²) in [6.45, 7) is 2.90. The monoisotopic (exact) mass is 274 g/mol.